The Bertz CT molecular complexity index is 498. The van der Waals surface area contributed by atoms with E-state index in [4.69, 9.17) is 0 Å². The number of benzene rings is 1. The summed E-state index contributed by atoms with van der Waals surface area (Å²) in [7, 11) is 0. The molecular formula is C16H20N2S. The Morgan fingerprint density at radius 1 is 1.21 bits per heavy atom. The molecule has 1 saturated carbocycles. The number of aromatic nitrogens is 1. The maximum atomic E-state index is 4.34. The molecule has 1 fully saturated rings. The zero-order chi connectivity index (χ0) is 13.1. The summed E-state index contributed by atoms with van der Waals surface area (Å²) in [6.45, 7) is 2.31. The highest BCUT2D eigenvalue weighted by Gasteiger charge is 2.21. The molecule has 1 atom stereocenters. The van der Waals surface area contributed by atoms with E-state index < -0.39 is 0 Å². The third kappa shape index (κ3) is 2.98. The van der Waals surface area contributed by atoms with Gasteiger partial charge >= 0.3 is 0 Å². The van der Waals surface area contributed by atoms with Crippen LogP contribution in [0.5, 0.6) is 0 Å². The molecule has 0 radical (unpaired) electrons. The molecule has 1 aliphatic carbocycles. The molecule has 100 valence electrons. The minimum atomic E-state index is 0.577. The maximum absolute atomic E-state index is 4.34. The minimum Gasteiger partial charge on any atom is -0.382 e. The van der Waals surface area contributed by atoms with Crippen molar-refractivity contribution in [2.45, 2.75) is 38.6 Å². The monoisotopic (exact) mass is 272 g/mol. The van der Waals surface area contributed by atoms with Crippen LogP contribution < -0.4 is 5.32 Å². The predicted octanol–water partition coefficient (Wildman–Crippen LogP) is 4.80. The summed E-state index contributed by atoms with van der Waals surface area (Å²) in [4.78, 5) is 4.34. The van der Waals surface area contributed by atoms with Crippen LogP contribution >= 0.6 is 11.3 Å². The molecule has 1 aromatic heterocycles. The van der Waals surface area contributed by atoms with Crippen molar-refractivity contribution in [2.24, 2.45) is 5.92 Å². The second-order valence-electron chi connectivity index (χ2n) is 5.39. The lowest BCUT2D eigenvalue weighted by molar-refractivity contribution is 0.482. The van der Waals surface area contributed by atoms with Gasteiger partial charge < -0.3 is 5.32 Å². The number of anilines is 1. The molecule has 3 heteroatoms. The molecular weight excluding hydrogens is 252 g/mol. The van der Waals surface area contributed by atoms with E-state index in [1.54, 1.807) is 11.3 Å². The van der Waals surface area contributed by atoms with Crippen LogP contribution in [0.15, 0.2) is 35.8 Å². The second kappa shape index (κ2) is 5.74. The van der Waals surface area contributed by atoms with E-state index in [1.807, 2.05) is 11.6 Å². The Balaban J connectivity index is 1.65. The number of nitrogens with zero attached hydrogens (tertiary/aromatic N) is 1. The van der Waals surface area contributed by atoms with E-state index in [9.17, 15) is 0 Å². The molecule has 1 aromatic carbocycles. The molecule has 0 spiro atoms. The average Bonchev–Trinajstić information content (AvgIpc) is 3.13. The quantitative estimate of drug-likeness (QED) is 0.864. The van der Waals surface area contributed by atoms with Crippen molar-refractivity contribution >= 4 is 17.0 Å². The highest BCUT2D eigenvalue weighted by Crippen LogP contribution is 2.30. The zero-order valence-corrected chi connectivity index (χ0v) is 12.1. The largest absolute Gasteiger partial charge is 0.382 e. The third-order valence-corrected chi connectivity index (χ3v) is 4.89. The van der Waals surface area contributed by atoms with Crippen molar-refractivity contribution in [1.82, 2.24) is 4.98 Å². The van der Waals surface area contributed by atoms with Gasteiger partial charge in [0.2, 0.25) is 0 Å². The number of hydrogen-bond donors (Lipinski definition) is 1. The first-order valence-corrected chi connectivity index (χ1v) is 7.97. The van der Waals surface area contributed by atoms with Gasteiger partial charge in [0.15, 0.2) is 0 Å². The first-order valence-electron chi connectivity index (χ1n) is 7.09. The van der Waals surface area contributed by atoms with E-state index in [2.05, 4.69) is 41.5 Å². The molecule has 2 nitrogen and oxygen atoms in total. The van der Waals surface area contributed by atoms with Gasteiger partial charge in [-0.1, -0.05) is 12.8 Å². The molecule has 0 saturated heterocycles. The van der Waals surface area contributed by atoms with Crippen molar-refractivity contribution in [1.29, 1.82) is 0 Å². The lowest BCUT2D eigenvalue weighted by atomic mass is 9.99. The fourth-order valence-electron chi connectivity index (χ4n) is 2.91. The van der Waals surface area contributed by atoms with E-state index >= 15 is 0 Å². The van der Waals surface area contributed by atoms with Crippen molar-refractivity contribution in [3.8, 4) is 10.6 Å². The standard InChI is InChI=1S/C16H20N2S/c1-12(13-4-2-3-5-13)18-15-8-6-14(7-9-15)16-17-10-11-19-16/h6-13,18H,2-5H2,1H3. The van der Waals surface area contributed by atoms with Gasteiger partial charge in [0.25, 0.3) is 0 Å². The van der Waals surface area contributed by atoms with Crippen LogP contribution in [0, 0.1) is 5.92 Å². The Morgan fingerprint density at radius 2 is 1.95 bits per heavy atom. The van der Waals surface area contributed by atoms with E-state index in [0.29, 0.717) is 6.04 Å². The maximum Gasteiger partial charge on any atom is 0.123 e. The van der Waals surface area contributed by atoms with Gasteiger partial charge in [-0.2, -0.15) is 0 Å². The minimum absolute atomic E-state index is 0.577. The van der Waals surface area contributed by atoms with Crippen molar-refractivity contribution < 1.29 is 0 Å². The van der Waals surface area contributed by atoms with Gasteiger partial charge in [-0.05, 0) is 49.9 Å². The zero-order valence-electron chi connectivity index (χ0n) is 11.3. The van der Waals surface area contributed by atoms with Crippen LogP contribution in [0.25, 0.3) is 10.6 Å². The lowest BCUT2D eigenvalue weighted by Gasteiger charge is -2.21. The summed E-state index contributed by atoms with van der Waals surface area (Å²) in [6.07, 6.45) is 7.42. The SMILES string of the molecule is CC(Nc1ccc(-c2nccs2)cc1)C1CCCC1. The van der Waals surface area contributed by atoms with Crippen LogP contribution in [0.3, 0.4) is 0 Å². The first kappa shape index (κ1) is 12.7. The fourth-order valence-corrected chi connectivity index (χ4v) is 3.56. The normalized spacial score (nSPS) is 17.5. The molecule has 1 N–H and O–H groups in total. The Morgan fingerprint density at radius 3 is 2.58 bits per heavy atom. The van der Waals surface area contributed by atoms with Crippen LogP contribution in [0.4, 0.5) is 5.69 Å². The highest BCUT2D eigenvalue weighted by atomic mass is 32.1. The summed E-state index contributed by atoms with van der Waals surface area (Å²) in [6, 6.07) is 9.23. The number of rotatable bonds is 4. The highest BCUT2D eigenvalue weighted by molar-refractivity contribution is 7.13. The average molecular weight is 272 g/mol. The molecule has 0 bridgehead atoms. The molecule has 2 aromatic rings. The molecule has 1 aliphatic rings. The molecule has 1 unspecified atom stereocenters. The lowest BCUT2D eigenvalue weighted by Crippen LogP contribution is -2.23. The van der Waals surface area contributed by atoms with Crippen LogP contribution in [-0.2, 0) is 0 Å². The van der Waals surface area contributed by atoms with Gasteiger partial charge in [-0.25, -0.2) is 4.98 Å². The smallest absolute Gasteiger partial charge is 0.123 e. The Labute approximate surface area is 118 Å². The first-order chi connectivity index (χ1) is 9.33. The summed E-state index contributed by atoms with van der Waals surface area (Å²) < 4.78 is 0. The number of hydrogen-bond acceptors (Lipinski definition) is 3. The van der Waals surface area contributed by atoms with Gasteiger partial charge in [-0.3, -0.25) is 0 Å². The molecule has 1 heterocycles. The molecule has 0 aliphatic heterocycles. The Hall–Kier alpha value is -1.35. The third-order valence-electron chi connectivity index (χ3n) is 4.07. The molecule has 19 heavy (non-hydrogen) atoms. The summed E-state index contributed by atoms with van der Waals surface area (Å²) in [5.41, 5.74) is 2.42. The van der Waals surface area contributed by atoms with Crippen LogP contribution in [-0.4, -0.2) is 11.0 Å². The topological polar surface area (TPSA) is 24.9 Å². The summed E-state index contributed by atoms with van der Waals surface area (Å²) in [5, 5.41) is 6.75. The van der Waals surface area contributed by atoms with Crippen LogP contribution in [0.2, 0.25) is 0 Å². The summed E-state index contributed by atoms with van der Waals surface area (Å²) >= 11 is 1.68. The van der Waals surface area contributed by atoms with Crippen LogP contribution in [0.1, 0.15) is 32.6 Å². The van der Waals surface area contributed by atoms with Crippen molar-refractivity contribution in [2.75, 3.05) is 5.32 Å². The molecule has 3 rings (SSSR count). The number of thiazole rings is 1. The Kier molecular flexibility index (Phi) is 3.83. The van der Waals surface area contributed by atoms with Crippen molar-refractivity contribution in [3.63, 3.8) is 0 Å². The van der Waals surface area contributed by atoms with Crippen molar-refractivity contribution in [3.05, 3.63) is 35.8 Å². The van der Waals surface area contributed by atoms with Gasteiger partial charge in [0, 0.05) is 28.9 Å². The van der Waals surface area contributed by atoms with Gasteiger partial charge in [-0.15, -0.1) is 11.3 Å². The van der Waals surface area contributed by atoms with E-state index in [1.165, 1.54) is 36.9 Å². The second-order valence-corrected chi connectivity index (χ2v) is 6.29. The molecule has 0 amide bonds. The summed E-state index contributed by atoms with van der Waals surface area (Å²) in [5.74, 6) is 0.846. The predicted molar refractivity (Wildman–Crippen MR) is 82.6 cm³/mol. The van der Waals surface area contributed by atoms with Gasteiger partial charge in [0.05, 0.1) is 0 Å². The van der Waals surface area contributed by atoms with Gasteiger partial charge in [0.1, 0.15) is 5.01 Å². The fraction of sp³-hybridized carbons (Fsp3) is 0.438. The van der Waals surface area contributed by atoms with E-state index in [0.717, 1.165) is 10.9 Å². The number of nitrogens with one attached hydrogen (secondary N) is 1. The van der Waals surface area contributed by atoms with E-state index in [-0.39, 0.29) is 0 Å².